The van der Waals surface area contributed by atoms with Crippen LogP contribution in [0.15, 0.2) is 16.5 Å². The van der Waals surface area contributed by atoms with E-state index in [0.717, 1.165) is 25.0 Å². The number of hydrogen-bond acceptors (Lipinski definition) is 4. The van der Waals surface area contributed by atoms with Gasteiger partial charge in [0.1, 0.15) is 18.1 Å². The molecule has 0 radical (unpaired) electrons. The van der Waals surface area contributed by atoms with E-state index in [1.807, 2.05) is 6.07 Å². The summed E-state index contributed by atoms with van der Waals surface area (Å²) in [6.07, 6.45) is 2.86. The molecule has 0 fully saturated rings. The van der Waals surface area contributed by atoms with E-state index >= 15 is 0 Å². The average molecular weight is 198 g/mol. The standard InChI is InChI=1S/C10H18N2O2/c11-6-2-1-3-9(12)10-5-4-8(7-13)14-10/h4-5,9,13H,1-3,6-7,11-12H2/t9-/m0/s1. The minimum Gasteiger partial charge on any atom is -0.462 e. The number of rotatable bonds is 6. The lowest BCUT2D eigenvalue weighted by atomic mass is 10.1. The molecule has 14 heavy (non-hydrogen) atoms. The second kappa shape index (κ2) is 5.80. The Kier molecular flexibility index (Phi) is 4.65. The summed E-state index contributed by atoms with van der Waals surface area (Å²) in [5, 5.41) is 8.80. The fourth-order valence-electron chi connectivity index (χ4n) is 1.33. The van der Waals surface area contributed by atoms with Crippen LogP contribution in [0.1, 0.15) is 36.8 Å². The van der Waals surface area contributed by atoms with Crippen LogP contribution >= 0.6 is 0 Å². The van der Waals surface area contributed by atoms with Gasteiger partial charge in [-0.05, 0) is 31.5 Å². The van der Waals surface area contributed by atoms with Gasteiger partial charge < -0.3 is 21.0 Å². The summed E-state index contributed by atoms with van der Waals surface area (Å²) in [5.41, 5.74) is 11.3. The SMILES string of the molecule is NCCCC[C@H](N)c1ccc(CO)o1. The molecule has 0 spiro atoms. The minimum absolute atomic E-state index is 0.0739. The highest BCUT2D eigenvalue weighted by Gasteiger charge is 2.09. The molecule has 0 aromatic carbocycles. The highest BCUT2D eigenvalue weighted by molar-refractivity contribution is 5.09. The van der Waals surface area contributed by atoms with Gasteiger partial charge in [0.25, 0.3) is 0 Å². The maximum absolute atomic E-state index is 8.80. The van der Waals surface area contributed by atoms with Gasteiger partial charge >= 0.3 is 0 Å². The molecule has 0 unspecified atom stereocenters. The van der Waals surface area contributed by atoms with Crippen molar-refractivity contribution in [1.29, 1.82) is 0 Å². The molecule has 0 aliphatic carbocycles. The molecule has 0 aliphatic rings. The summed E-state index contributed by atoms with van der Waals surface area (Å²) in [7, 11) is 0. The van der Waals surface area contributed by atoms with Gasteiger partial charge in [0.15, 0.2) is 0 Å². The smallest absolute Gasteiger partial charge is 0.129 e. The molecule has 0 bridgehead atoms. The molecule has 1 aromatic rings. The third-order valence-corrected chi connectivity index (χ3v) is 2.17. The number of unbranched alkanes of at least 4 members (excludes halogenated alkanes) is 1. The molecule has 0 saturated carbocycles. The molecule has 1 rings (SSSR count). The van der Waals surface area contributed by atoms with Gasteiger partial charge in [-0.2, -0.15) is 0 Å². The third kappa shape index (κ3) is 3.14. The van der Waals surface area contributed by atoms with Gasteiger partial charge in [0.2, 0.25) is 0 Å². The molecule has 0 aliphatic heterocycles. The van der Waals surface area contributed by atoms with Crippen LogP contribution in [0, 0.1) is 0 Å². The lowest BCUT2D eigenvalue weighted by molar-refractivity contribution is 0.241. The summed E-state index contributed by atoms with van der Waals surface area (Å²) in [4.78, 5) is 0. The quantitative estimate of drug-likeness (QED) is 0.593. The summed E-state index contributed by atoms with van der Waals surface area (Å²) in [6, 6.07) is 3.48. The second-order valence-electron chi connectivity index (χ2n) is 3.35. The zero-order chi connectivity index (χ0) is 10.4. The van der Waals surface area contributed by atoms with Gasteiger partial charge in [-0.25, -0.2) is 0 Å². The third-order valence-electron chi connectivity index (χ3n) is 2.17. The van der Waals surface area contributed by atoms with Crippen LogP contribution in [-0.4, -0.2) is 11.7 Å². The van der Waals surface area contributed by atoms with E-state index in [0.29, 0.717) is 12.3 Å². The number of nitrogens with two attached hydrogens (primary N) is 2. The molecule has 1 aromatic heterocycles. The minimum atomic E-state index is -0.0816. The Labute approximate surface area is 83.9 Å². The van der Waals surface area contributed by atoms with Gasteiger partial charge in [-0.15, -0.1) is 0 Å². The Morgan fingerprint density at radius 2 is 2.14 bits per heavy atom. The lowest BCUT2D eigenvalue weighted by Gasteiger charge is -2.07. The number of aliphatic hydroxyl groups is 1. The summed E-state index contributed by atoms with van der Waals surface area (Å²) < 4.78 is 5.32. The van der Waals surface area contributed by atoms with E-state index in [4.69, 9.17) is 21.0 Å². The van der Waals surface area contributed by atoms with Gasteiger partial charge in [-0.3, -0.25) is 0 Å². The van der Waals surface area contributed by atoms with E-state index in [-0.39, 0.29) is 12.6 Å². The van der Waals surface area contributed by atoms with Crippen LogP contribution < -0.4 is 11.5 Å². The van der Waals surface area contributed by atoms with Crippen molar-refractivity contribution in [3.05, 3.63) is 23.7 Å². The summed E-state index contributed by atoms with van der Waals surface area (Å²) in [5.74, 6) is 1.31. The molecule has 80 valence electrons. The molecular formula is C10H18N2O2. The van der Waals surface area contributed by atoms with E-state index in [2.05, 4.69) is 0 Å². The van der Waals surface area contributed by atoms with Crippen molar-refractivity contribution in [2.24, 2.45) is 11.5 Å². The van der Waals surface area contributed by atoms with Gasteiger partial charge in [0.05, 0.1) is 6.04 Å². The monoisotopic (exact) mass is 198 g/mol. The Balaban J connectivity index is 2.39. The van der Waals surface area contributed by atoms with Crippen LogP contribution in [-0.2, 0) is 6.61 Å². The normalized spacial score (nSPS) is 13.1. The Bertz CT molecular complexity index is 260. The topological polar surface area (TPSA) is 85.4 Å². The van der Waals surface area contributed by atoms with Crippen LogP contribution in [0.2, 0.25) is 0 Å². The average Bonchev–Trinajstić information content (AvgIpc) is 2.66. The van der Waals surface area contributed by atoms with Gasteiger partial charge in [-0.1, -0.05) is 6.42 Å². The van der Waals surface area contributed by atoms with E-state index in [1.165, 1.54) is 0 Å². The molecule has 0 amide bonds. The van der Waals surface area contributed by atoms with E-state index < -0.39 is 0 Å². The summed E-state index contributed by atoms with van der Waals surface area (Å²) >= 11 is 0. The van der Waals surface area contributed by atoms with Crippen molar-refractivity contribution in [1.82, 2.24) is 0 Å². The van der Waals surface area contributed by atoms with Crippen molar-refractivity contribution in [3.63, 3.8) is 0 Å². The molecule has 4 nitrogen and oxygen atoms in total. The first-order valence-corrected chi connectivity index (χ1v) is 4.93. The lowest BCUT2D eigenvalue weighted by Crippen LogP contribution is -2.10. The van der Waals surface area contributed by atoms with Crippen molar-refractivity contribution in [2.45, 2.75) is 31.9 Å². The highest BCUT2D eigenvalue weighted by Crippen LogP contribution is 2.19. The van der Waals surface area contributed by atoms with E-state index in [9.17, 15) is 0 Å². The molecule has 1 heterocycles. The van der Waals surface area contributed by atoms with Crippen molar-refractivity contribution < 1.29 is 9.52 Å². The zero-order valence-corrected chi connectivity index (χ0v) is 8.28. The summed E-state index contributed by atoms with van der Waals surface area (Å²) in [6.45, 7) is 0.627. The highest BCUT2D eigenvalue weighted by atomic mass is 16.4. The predicted octanol–water partition coefficient (Wildman–Crippen LogP) is 0.901. The van der Waals surface area contributed by atoms with E-state index in [1.54, 1.807) is 6.07 Å². The zero-order valence-electron chi connectivity index (χ0n) is 8.28. The van der Waals surface area contributed by atoms with Crippen LogP contribution in [0.25, 0.3) is 0 Å². The number of aliphatic hydroxyl groups excluding tert-OH is 1. The maximum Gasteiger partial charge on any atom is 0.129 e. The first-order chi connectivity index (χ1) is 6.77. The molecule has 0 saturated heterocycles. The van der Waals surface area contributed by atoms with Crippen LogP contribution in [0.3, 0.4) is 0 Å². The number of hydrogen-bond donors (Lipinski definition) is 3. The van der Waals surface area contributed by atoms with Gasteiger partial charge in [0, 0.05) is 0 Å². The first-order valence-electron chi connectivity index (χ1n) is 4.93. The van der Waals surface area contributed by atoms with Crippen molar-refractivity contribution in [3.8, 4) is 0 Å². The molecule has 4 heteroatoms. The molecule has 1 atom stereocenters. The fraction of sp³-hybridized carbons (Fsp3) is 0.600. The number of furan rings is 1. The van der Waals surface area contributed by atoms with Crippen molar-refractivity contribution >= 4 is 0 Å². The maximum atomic E-state index is 8.80. The predicted molar refractivity (Wildman–Crippen MR) is 54.5 cm³/mol. The fourth-order valence-corrected chi connectivity index (χ4v) is 1.33. The first kappa shape index (κ1) is 11.2. The van der Waals surface area contributed by atoms with Crippen LogP contribution in [0.4, 0.5) is 0 Å². The Hall–Kier alpha value is -0.840. The Morgan fingerprint density at radius 1 is 1.36 bits per heavy atom. The second-order valence-corrected chi connectivity index (χ2v) is 3.35. The van der Waals surface area contributed by atoms with Crippen LogP contribution in [0.5, 0.6) is 0 Å². The molecule has 5 N–H and O–H groups in total. The largest absolute Gasteiger partial charge is 0.462 e. The molecular weight excluding hydrogens is 180 g/mol. The van der Waals surface area contributed by atoms with Crippen molar-refractivity contribution in [2.75, 3.05) is 6.54 Å². The Morgan fingerprint density at radius 3 is 2.71 bits per heavy atom.